The Morgan fingerprint density at radius 2 is 2.12 bits per heavy atom. The van der Waals surface area contributed by atoms with E-state index in [1.54, 1.807) is 12.4 Å². The van der Waals surface area contributed by atoms with Crippen LogP contribution >= 0.6 is 11.8 Å². The lowest BCUT2D eigenvalue weighted by Gasteiger charge is -2.17. The smallest absolute Gasteiger partial charge is 0.272 e. The quantitative estimate of drug-likeness (QED) is 0.674. The number of hydrogen-bond donors (Lipinski definition) is 1. The molecule has 26 heavy (non-hydrogen) atoms. The average molecular weight is 367 g/mol. The molecule has 134 valence electrons. The second kappa shape index (κ2) is 8.19. The summed E-state index contributed by atoms with van der Waals surface area (Å²) < 4.78 is 5.95. The molecule has 0 aliphatic carbocycles. The number of rotatable bonds is 6. The summed E-state index contributed by atoms with van der Waals surface area (Å²) in [5.74, 6) is 0.500. The molecule has 0 bridgehead atoms. The van der Waals surface area contributed by atoms with E-state index < -0.39 is 5.44 Å². The van der Waals surface area contributed by atoms with Gasteiger partial charge in [-0.2, -0.15) is 0 Å². The second-order valence-electron chi connectivity index (χ2n) is 6.09. The van der Waals surface area contributed by atoms with E-state index in [-0.39, 0.29) is 5.91 Å². The largest absolute Gasteiger partial charge is 0.470 e. The number of carbonyl (C=O) groups excluding carboxylic acids is 1. The van der Waals surface area contributed by atoms with E-state index >= 15 is 0 Å². The highest BCUT2D eigenvalue weighted by atomic mass is 32.2. The Balaban J connectivity index is 1.73. The van der Waals surface area contributed by atoms with Crippen LogP contribution in [-0.2, 0) is 11.3 Å². The van der Waals surface area contributed by atoms with Crippen LogP contribution in [0.4, 0.5) is 0 Å². The minimum Gasteiger partial charge on any atom is -0.470 e. The monoisotopic (exact) mass is 367 g/mol. The van der Waals surface area contributed by atoms with Crippen LogP contribution in [0.2, 0.25) is 0 Å². The number of fused-ring (bicyclic) bond motifs is 1. The molecule has 0 aliphatic heterocycles. The maximum Gasteiger partial charge on any atom is 0.272 e. The number of aromatic nitrogens is 2. The number of benzene rings is 1. The van der Waals surface area contributed by atoms with Crippen LogP contribution in [0.15, 0.2) is 48.9 Å². The summed E-state index contributed by atoms with van der Waals surface area (Å²) in [7, 11) is 0. The zero-order valence-electron chi connectivity index (χ0n) is 15.0. The zero-order valence-corrected chi connectivity index (χ0v) is 15.8. The van der Waals surface area contributed by atoms with Crippen LogP contribution in [0.25, 0.3) is 10.9 Å². The molecule has 1 unspecified atom stereocenters. The maximum atomic E-state index is 12.5. The van der Waals surface area contributed by atoms with Crippen molar-refractivity contribution in [3.05, 3.63) is 65.6 Å². The standard InChI is InChI=1S/C20H21N3O2S/c1-13-7-16-9-17(8-14(2)18(16)22-10-13)25-20(26-3)19(24)23-12-15-5-4-6-21-11-15/h4-11,20H,12H2,1-3H3,(H,23,24). The third kappa shape index (κ3) is 4.32. The van der Waals surface area contributed by atoms with Gasteiger partial charge in [0.25, 0.3) is 5.91 Å². The first kappa shape index (κ1) is 18.2. The van der Waals surface area contributed by atoms with E-state index in [1.807, 2.05) is 50.6 Å². The van der Waals surface area contributed by atoms with E-state index in [1.165, 1.54) is 11.8 Å². The Bertz CT molecular complexity index is 916. The highest BCUT2D eigenvalue weighted by Gasteiger charge is 2.19. The van der Waals surface area contributed by atoms with Gasteiger partial charge in [-0.3, -0.25) is 14.8 Å². The van der Waals surface area contributed by atoms with Gasteiger partial charge in [0.2, 0.25) is 5.44 Å². The molecule has 0 saturated heterocycles. The molecule has 0 aliphatic rings. The number of aryl methyl sites for hydroxylation is 2. The molecule has 0 saturated carbocycles. The van der Waals surface area contributed by atoms with Crippen molar-refractivity contribution in [3.8, 4) is 5.75 Å². The first-order valence-electron chi connectivity index (χ1n) is 8.30. The van der Waals surface area contributed by atoms with Crippen molar-refractivity contribution in [2.75, 3.05) is 6.26 Å². The van der Waals surface area contributed by atoms with Gasteiger partial charge in [0.05, 0.1) is 5.52 Å². The Hall–Kier alpha value is -2.60. The van der Waals surface area contributed by atoms with Crippen molar-refractivity contribution in [2.24, 2.45) is 0 Å². The number of ether oxygens (including phenoxy) is 1. The third-order valence-corrected chi connectivity index (χ3v) is 4.68. The number of amides is 1. The fraction of sp³-hybridized carbons (Fsp3) is 0.250. The number of hydrogen-bond acceptors (Lipinski definition) is 5. The summed E-state index contributed by atoms with van der Waals surface area (Å²) in [5, 5.41) is 3.90. The lowest BCUT2D eigenvalue weighted by Crippen LogP contribution is -2.35. The lowest BCUT2D eigenvalue weighted by atomic mass is 10.1. The van der Waals surface area contributed by atoms with Gasteiger partial charge in [0.15, 0.2) is 0 Å². The van der Waals surface area contributed by atoms with Gasteiger partial charge >= 0.3 is 0 Å². The summed E-state index contributed by atoms with van der Waals surface area (Å²) in [4.78, 5) is 21.0. The lowest BCUT2D eigenvalue weighted by molar-refractivity contribution is -0.124. The van der Waals surface area contributed by atoms with Gasteiger partial charge < -0.3 is 10.1 Å². The number of nitrogens with zero attached hydrogens (tertiary/aromatic N) is 2. The van der Waals surface area contributed by atoms with Gasteiger partial charge in [-0.05, 0) is 61.1 Å². The molecule has 6 heteroatoms. The van der Waals surface area contributed by atoms with Gasteiger partial charge in [0.1, 0.15) is 5.75 Å². The van der Waals surface area contributed by atoms with Crippen LogP contribution in [0.3, 0.4) is 0 Å². The van der Waals surface area contributed by atoms with Crippen LogP contribution in [0.1, 0.15) is 16.7 Å². The molecule has 2 heterocycles. The summed E-state index contributed by atoms with van der Waals surface area (Å²) in [6.07, 6.45) is 7.15. The highest BCUT2D eigenvalue weighted by molar-refractivity contribution is 7.99. The molecule has 0 fully saturated rings. The van der Waals surface area contributed by atoms with E-state index in [0.29, 0.717) is 12.3 Å². The second-order valence-corrected chi connectivity index (χ2v) is 6.99. The molecule has 1 atom stereocenters. The zero-order chi connectivity index (χ0) is 18.5. The molecule has 1 aromatic carbocycles. The van der Waals surface area contributed by atoms with Crippen LogP contribution < -0.4 is 10.1 Å². The Kier molecular flexibility index (Phi) is 5.73. The molecular formula is C20H21N3O2S. The molecule has 0 radical (unpaired) electrons. The summed E-state index contributed by atoms with van der Waals surface area (Å²) in [6.45, 7) is 4.42. The molecule has 2 aromatic heterocycles. The average Bonchev–Trinajstić information content (AvgIpc) is 2.64. The van der Waals surface area contributed by atoms with Crippen LogP contribution in [0.5, 0.6) is 5.75 Å². The molecule has 0 spiro atoms. The normalized spacial score (nSPS) is 12.0. The van der Waals surface area contributed by atoms with E-state index in [0.717, 1.165) is 27.6 Å². The first-order chi connectivity index (χ1) is 12.6. The van der Waals surface area contributed by atoms with Crippen molar-refractivity contribution in [1.29, 1.82) is 0 Å². The fourth-order valence-electron chi connectivity index (χ4n) is 2.68. The number of thioether (sulfide) groups is 1. The topological polar surface area (TPSA) is 64.1 Å². The molecule has 3 aromatic rings. The Labute approximate surface area is 157 Å². The number of pyridine rings is 2. The van der Waals surface area contributed by atoms with E-state index in [9.17, 15) is 4.79 Å². The number of nitrogens with one attached hydrogen (secondary N) is 1. The van der Waals surface area contributed by atoms with Gasteiger partial charge in [-0.1, -0.05) is 6.07 Å². The maximum absolute atomic E-state index is 12.5. The summed E-state index contributed by atoms with van der Waals surface area (Å²) >= 11 is 1.36. The fourth-order valence-corrected chi connectivity index (χ4v) is 3.19. The van der Waals surface area contributed by atoms with E-state index in [2.05, 4.69) is 21.4 Å². The van der Waals surface area contributed by atoms with E-state index in [4.69, 9.17) is 4.74 Å². The van der Waals surface area contributed by atoms with Crippen molar-refractivity contribution < 1.29 is 9.53 Å². The molecule has 1 amide bonds. The molecule has 5 nitrogen and oxygen atoms in total. The van der Waals surface area contributed by atoms with Crippen LogP contribution in [-0.4, -0.2) is 27.6 Å². The highest BCUT2D eigenvalue weighted by Crippen LogP contribution is 2.26. The molecule has 3 rings (SSSR count). The van der Waals surface area contributed by atoms with Gasteiger partial charge in [-0.25, -0.2) is 0 Å². The first-order valence-corrected chi connectivity index (χ1v) is 9.58. The van der Waals surface area contributed by atoms with Crippen molar-refractivity contribution in [3.63, 3.8) is 0 Å². The SMILES string of the molecule is CSC(Oc1cc(C)c2ncc(C)cc2c1)C(=O)NCc1cccnc1. The summed E-state index contributed by atoms with van der Waals surface area (Å²) in [6, 6.07) is 9.68. The molecular weight excluding hydrogens is 346 g/mol. The van der Waals surface area contributed by atoms with Crippen LogP contribution in [0, 0.1) is 13.8 Å². The third-order valence-electron chi connectivity index (χ3n) is 3.94. The Morgan fingerprint density at radius 3 is 2.85 bits per heavy atom. The van der Waals surface area contributed by atoms with Gasteiger partial charge in [-0.15, -0.1) is 11.8 Å². The minimum absolute atomic E-state index is 0.165. The molecule has 1 N–H and O–H groups in total. The minimum atomic E-state index is -0.624. The van der Waals surface area contributed by atoms with Crippen molar-refractivity contribution in [1.82, 2.24) is 15.3 Å². The predicted octanol–water partition coefficient (Wildman–Crippen LogP) is 3.63. The number of carbonyl (C=O) groups is 1. The van der Waals surface area contributed by atoms with Gasteiger partial charge in [0, 0.05) is 30.5 Å². The van der Waals surface area contributed by atoms with Crippen molar-refractivity contribution in [2.45, 2.75) is 25.8 Å². The van der Waals surface area contributed by atoms with Crippen molar-refractivity contribution >= 4 is 28.6 Å². The summed E-state index contributed by atoms with van der Waals surface area (Å²) in [5.41, 5.74) is 3.38. The predicted molar refractivity (Wildman–Crippen MR) is 105 cm³/mol. The Morgan fingerprint density at radius 1 is 1.27 bits per heavy atom.